The Kier molecular flexibility index (Phi) is 21.8. The summed E-state index contributed by atoms with van der Waals surface area (Å²) in [7, 11) is 0. The Morgan fingerprint density at radius 2 is 1.23 bits per heavy atom. The standard InChI is InChI=1S/C25H48O5/c1-3-4-5-6-7-8-9-10-11-12-13-14-15-16-17-18-19-30-25(28)23(2)21-29-22-24(27)20-26/h21,24,26-27H,3-20,22H2,1-2H3. The van der Waals surface area contributed by atoms with Gasteiger partial charge in [-0.2, -0.15) is 0 Å². The number of ether oxygens (including phenoxy) is 2. The van der Waals surface area contributed by atoms with E-state index in [0.717, 1.165) is 12.8 Å². The highest BCUT2D eigenvalue weighted by Crippen LogP contribution is 2.13. The van der Waals surface area contributed by atoms with Gasteiger partial charge < -0.3 is 19.7 Å². The van der Waals surface area contributed by atoms with Crippen LogP contribution in [-0.2, 0) is 14.3 Å². The molecule has 30 heavy (non-hydrogen) atoms. The van der Waals surface area contributed by atoms with Gasteiger partial charge in [0.2, 0.25) is 0 Å². The number of rotatable bonds is 22. The SMILES string of the molecule is CCCCCCCCCCCCCCCCCCOC(=O)C(C)=COCC(O)CO. The quantitative estimate of drug-likeness (QED) is 0.0948. The molecule has 0 heterocycles. The molecule has 2 N–H and O–H groups in total. The lowest BCUT2D eigenvalue weighted by molar-refractivity contribution is -0.139. The van der Waals surface area contributed by atoms with Crippen molar-refractivity contribution >= 4 is 5.97 Å². The molecule has 0 rings (SSSR count). The number of aliphatic hydroxyl groups is 2. The molecule has 0 saturated carbocycles. The zero-order chi connectivity index (χ0) is 22.3. The molecule has 0 amide bonds. The Morgan fingerprint density at radius 3 is 1.67 bits per heavy atom. The number of unbranched alkanes of at least 4 members (excludes halogenated alkanes) is 15. The Morgan fingerprint density at radius 1 is 0.800 bits per heavy atom. The van der Waals surface area contributed by atoms with Crippen LogP contribution in [-0.4, -0.2) is 42.1 Å². The average Bonchev–Trinajstić information content (AvgIpc) is 2.75. The summed E-state index contributed by atoms with van der Waals surface area (Å²) in [4.78, 5) is 11.8. The van der Waals surface area contributed by atoms with Gasteiger partial charge in [-0.3, -0.25) is 0 Å². The van der Waals surface area contributed by atoms with Crippen LogP contribution >= 0.6 is 0 Å². The van der Waals surface area contributed by atoms with Gasteiger partial charge in [0.15, 0.2) is 0 Å². The first-order chi connectivity index (χ1) is 14.6. The third kappa shape index (κ3) is 20.2. The van der Waals surface area contributed by atoms with Crippen LogP contribution in [0.25, 0.3) is 0 Å². The Balaban J connectivity index is 3.32. The monoisotopic (exact) mass is 428 g/mol. The minimum Gasteiger partial charge on any atom is -0.498 e. The van der Waals surface area contributed by atoms with Gasteiger partial charge in [-0.25, -0.2) is 4.79 Å². The molecular formula is C25H48O5. The molecule has 0 fully saturated rings. The fourth-order valence-corrected chi connectivity index (χ4v) is 3.31. The van der Waals surface area contributed by atoms with E-state index in [0.29, 0.717) is 12.2 Å². The minimum atomic E-state index is -0.935. The molecule has 178 valence electrons. The maximum Gasteiger partial charge on any atom is 0.336 e. The lowest BCUT2D eigenvalue weighted by Crippen LogP contribution is -2.18. The van der Waals surface area contributed by atoms with E-state index < -0.39 is 12.1 Å². The van der Waals surface area contributed by atoms with Crippen LogP contribution in [0.1, 0.15) is 117 Å². The Hall–Kier alpha value is -1.07. The van der Waals surface area contributed by atoms with Gasteiger partial charge in [0.1, 0.15) is 12.7 Å². The number of aliphatic hydroxyl groups excluding tert-OH is 2. The molecule has 0 aliphatic heterocycles. The fourth-order valence-electron chi connectivity index (χ4n) is 3.31. The number of esters is 1. The summed E-state index contributed by atoms with van der Waals surface area (Å²) >= 11 is 0. The topological polar surface area (TPSA) is 76.0 Å². The van der Waals surface area contributed by atoms with Crippen molar-refractivity contribution in [3.63, 3.8) is 0 Å². The number of hydrogen-bond donors (Lipinski definition) is 2. The third-order valence-electron chi connectivity index (χ3n) is 5.31. The molecule has 5 nitrogen and oxygen atoms in total. The van der Waals surface area contributed by atoms with E-state index in [2.05, 4.69) is 6.92 Å². The largest absolute Gasteiger partial charge is 0.498 e. The second kappa shape index (κ2) is 22.6. The molecule has 0 bridgehead atoms. The molecule has 0 spiro atoms. The van der Waals surface area contributed by atoms with Gasteiger partial charge in [-0.05, 0) is 13.3 Å². The van der Waals surface area contributed by atoms with Crippen molar-refractivity contribution in [3.8, 4) is 0 Å². The van der Waals surface area contributed by atoms with Crippen LogP contribution in [0.5, 0.6) is 0 Å². The maximum atomic E-state index is 11.8. The number of carbonyl (C=O) groups excluding carboxylic acids is 1. The zero-order valence-electron chi connectivity index (χ0n) is 19.7. The van der Waals surface area contributed by atoms with Gasteiger partial charge in [-0.15, -0.1) is 0 Å². The van der Waals surface area contributed by atoms with E-state index in [1.165, 1.54) is 96.2 Å². The van der Waals surface area contributed by atoms with Gasteiger partial charge >= 0.3 is 5.97 Å². The lowest BCUT2D eigenvalue weighted by atomic mass is 10.0. The third-order valence-corrected chi connectivity index (χ3v) is 5.31. The maximum absolute atomic E-state index is 11.8. The summed E-state index contributed by atoms with van der Waals surface area (Å²) in [6.45, 7) is 3.91. The summed E-state index contributed by atoms with van der Waals surface area (Å²) in [6, 6.07) is 0. The minimum absolute atomic E-state index is 0.0414. The molecule has 0 aliphatic rings. The normalized spacial score (nSPS) is 12.7. The molecule has 0 aromatic carbocycles. The van der Waals surface area contributed by atoms with E-state index in [1.54, 1.807) is 6.92 Å². The van der Waals surface area contributed by atoms with Gasteiger partial charge in [0.25, 0.3) is 0 Å². The van der Waals surface area contributed by atoms with E-state index in [-0.39, 0.29) is 13.2 Å². The molecule has 1 unspecified atom stereocenters. The predicted octanol–water partition coefficient (Wildman–Crippen LogP) is 6.06. The molecule has 0 aromatic rings. The smallest absolute Gasteiger partial charge is 0.336 e. The van der Waals surface area contributed by atoms with E-state index in [4.69, 9.17) is 19.7 Å². The van der Waals surface area contributed by atoms with Crippen molar-refractivity contribution < 1.29 is 24.5 Å². The first-order valence-corrected chi connectivity index (χ1v) is 12.4. The summed E-state index contributed by atoms with van der Waals surface area (Å²) in [6.07, 6.45) is 21.4. The first-order valence-electron chi connectivity index (χ1n) is 12.4. The lowest BCUT2D eigenvalue weighted by Gasteiger charge is -2.08. The molecule has 0 aromatic heterocycles. The van der Waals surface area contributed by atoms with Crippen molar-refractivity contribution in [1.82, 2.24) is 0 Å². The number of carbonyl (C=O) groups is 1. The van der Waals surface area contributed by atoms with Crippen LogP contribution in [0.15, 0.2) is 11.8 Å². The first kappa shape index (κ1) is 28.9. The molecule has 0 radical (unpaired) electrons. The van der Waals surface area contributed by atoms with Crippen molar-refractivity contribution in [3.05, 3.63) is 11.8 Å². The predicted molar refractivity (Wildman–Crippen MR) is 123 cm³/mol. The van der Waals surface area contributed by atoms with E-state index >= 15 is 0 Å². The Labute approximate surface area is 185 Å². The highest BCUT2D eigenvalue weighted by Gasteiger charge is 2.07. The van der Waals surface area contributed by atoms with Gasteiger partial charge in [0, 0.05) is 0 Å². The fraction of sp³-hybridized carbons (Fsp3) is 0.880. The summed E-state index contributed by atoms with van der Waals surface area (Å²) in [5.74, 6) is -0.394. The van der Waals surface area contributed by atoms with Gasteiger partial charge in [0.05, 0.1) is 25.0 Å². The summed E-state index contributed by atoms with van der Waals surface area (Å²) in [5, 5.41) is 17.8. The molecular weight excluding hydrogens is 380 g/mol. The highest BCUT2D eigenvalue weighted by atomic mass is 16.5. The average molecular weight is 429 g/mol. The molecule has 1 atom stereocenters. The van der Waals surface area contributed by atoms with Crippen molar-refractivity contribution in [2.24, 2.45) is 0 Å². The molecule has 0 saturated heterocycles. The number of hydrogen-bond acceptors (Lipinski definition) is 5. The Bertz CT molecular complexity index is 408. The molecule has 5 heteroatoms. The van der Waals surface area contributed by atoms with Crippen LogP contribution in [0.4, 0.5) is 0 Å². The highest BCUT2D eigenvalue weighted by molar-refractivity contribution is 5.87. The van der Waals surface area contributed by atoms with Crippen molar-refractivity contribution in [2.75, 3.05) is 19.8 Å². The van der Waals surface area contributed by atoms with E-state index in [9.17, 15) is 4.79 Å². The zero-order valence-corrected chi connectivity index (χ0v) is 19.7. The van der Waals surface area contributed by atoms with Crippen molar-refractivity contribution in [1.29, 1.82) is 0 Å². The second-order valence-corrected chi connectivity index (χ2v) is 8.41. The second-order valence-electron chi connectivity index (χ2n) is 8.41. The summed E-state index contributed by atoms with van der Waals surface area (Å²) < 4.78 is 10.2. The van der Waals surface area contributed by atoms with Crippen LogP contribution in [0, 0.1) is 0 Å². The van der Waals surface area contributed by atoms with Gasteiger partial charge in [-0.1, -0.05) is 103 Å². The van der Waals surface area contributed by atoms with Crippen molar-refractivity contribution in [2.45, 2.75) is 123 Å². The van der Waals surface area contributed by atoms with Crippen LogP contribution < -0.4 is 0 Å². The van der Waals surface area contributed by atoms with Crippen LogP contribution in [0.2, 0.25) is 0 Å². The van der Waals surface area contributed by atoms with E-state index in [1.807, 2.05) is 0 Å². The molecule has 0 aliphatic carbocycles. The summed E-state index contributed by atoms with van der Waals surface area (Å²) in [5.41, 5.74) is 0.358. The van der Waals surface area contributed by atoms with Crippen LogP contribution in [0.3, 0.4) is 0 Å².